The summed E-state index contributed by atoms with van der Waals surface area (Å²) in [4.78, 5) is 2.18. The van der Waals surface area contributed by atoms with Crippen molar-refractivity contribution in [1.29, 1.82) is 5.41 Å². The highest BCUT2D eigenvalue weighted by Gasteiger charge is 2.17. The molecule has 0 radical (unpaired) electrons. The van der Waals surface area contributed by atoms with Gasteiger partial charge < -0.3 is 9.64 Å². The van der Waals surface area contributed by atoms with Crippen molar-refractivity contribution in [3.63, 3.8) is 0 Å². The number of hydrogen-bond acceptors (Lipinski definition) is 4. The minimum absolute atomic E-state index is 0.104. The Morgan fingerprint density at radius 3 is 2.65 bits per heavy atom. The number of nitrogens with one attached hydrogen (secondary N) is 1. The largest absolute Gasteiger partial charge is 0.378 e. The number of benzene rings is 1. The molecule has 1 aliphatic rings. The molecule has 1 heterocycles. The number of amidine groups is 1. The van der Waals surface area contributed by atoms with Gasteiger partial charge in [-0.2, -0.15) is 0 Å². The molecular formula is C12H17N3O2. The van der Waals surface area contributed by atoms with Crippen LogP contribution >= 0.6 is 0 Å². The van der Waals surface area contributed by atoms with Gasteiger partial charge in [0.1, 0.15) is 0 Å². The topological polar surface area (TPSA) is 59.8 Å². The van der Waals surface area contributed by atoms with Crippen LogP contribution in [0.1, 0.15) is 5.56 Å². The van der Waals surface area contributed by atoms with Crippen LogP contribution in [0.3, 0.4) is 0 Å². The van der Waals surface area contributed by atoms with Crippen molar-refractivity contribution in [2.75, 3.05) is 38.3 Å². The van der Waals surface area contributed by atoms with Gasteiger partial charge in [0.25, 0.3) is 0 Å². The number of ether oxygens (including phenoxy) is 1. The SMILES string of the molecule is CN(O)C(=N)c1ccccc1N1CCOCC1. The smallest absolute Gasteiger partial charge is 0.153 e. The first-order valence-corrected chi connectivity index (χ1v) is 5.63. The molecule has 0 unspecified atom stereocenters. The van der Waals surface area contributed by atoms with Crippen LogP contribution in [-0.2, 0) is 4.74 Å². The van der Waals surface area contributed by atoms with Gasteiger partial charge in [-0.3, -0.25) is 10.6 Å². The Balaban J connectivity index is 2.29. The van der Waals surface area contributed by atoms with Gasteiger partial charge in [0.2, 0.25) is 0 Å². The summed E-state index contributed by atoms with van der Waals surface area (Å²) in [5.74, 6) is 0.104. The Labute approximate surface area is 101 Å². The number of nitrogens with zero attached hydrogens (tertiary/aromatic N) is 2. The van der Waals surface area contributed by atoms with Crippen LogP contribution < -0.4 is 4.90 Å². The van der Waals surface area contributed by atoms with Crippen molar-refractivity contribution < 1.29 is 9.94 Å². The average molecular weight is 235 g/mol. The molecule has 5 heteroatoms. The summed E-state index contributed by atoms with van der Waals surface area (Å²) in [7, 11) is 1.46. The zero-order valence-electron chi connectivity index (χ0n) is 9.89. The van der Waals surface area contributed by atoms with Crippen LogP contribution in [0.4, 0.5) is 5.69 Å². The number of rotatable bonds is 2. The van der Waals surface area contributed by atoms with Crippen LogP contribution in [-0.4, -0.2) is 49.5 Å². The molecule has 1 fully saturated rings. The van der Waals surface area contributed by atoms with E-state index in [-0.39, 0.29) is 5.84 Å². The van der Waals surface area contributed by atoms with E-state index in [4.69, 9.17) is 10.1 Å². The first-order chi connectivity index (χ1) is 8.20. The van der Waals surface area contributed by atoms with E-state index in [1.807, 2.05) is 24.3 Å². The van der Waals surface area contributed by atoms with Crippen molar-refractivity contribution in [1.82, 2.24) is 5.06 Å². The van der Waals surface area contributed by atoms with Crippen molar-refractivity contribution in [3.05, 3.63) is 29.8 Å². The Morgan fingerprint density at radius 2 is 2.00 bits per heavy atom. The average Bonchev–Trinajstić information content (AvgIpc) is 2.39. The van der Waals surface area contributed by atoms with Crippen LogP contribution in [0.5, 0.6) is 0 Å². The molecule has 1 aliphatic heterocycles. The fraction of sp³-hybridized carbons (Fsp3) is 0.417. The van der Waals surface area contributed by atoms with Crippen LogP contribution in [0.15, 0.2) is 24.3 Å². The van der Waals surface area contributed by atoms with E-state index in [1.165, 1.54) is 7.05 Å². The lowest BCUT2D eigenvalue weighted by Gasteiger charge is -2.31. The molecule has 0 atom stereocenters. The number of hydrogen-bond donors (Lipinski definition) is 2. The van der Waals surface area contributed by atoms with Gasteiger partial charge in [0.05, 0.1) is 13.2 Å². The highest BCUT2D eigenvalue weighted by Crippen LogP contribution is 2.22. The molecule has 1 saturated heterocycles. The van der Waals surface area contributed by atoms with Gasteiger partial charge in [-0.1, -0.05) is 12.1 Å². The second kappa shape index (κ2) is 5.16. The molecule has 92 valence electrons. The van der Waals surface area contributed by atoms with E-state index in [9.17, 15) is 5.21 Å². The normalized spacial score (nSPS) is 15.8. The van der Waals surface area contributed by atoms with Crippen LogP contribution in [0.2, 0.25) is 0 Å². The van der Waals surface area contributed by atoms with Crippen molar-refractivity contribution in [3.8, 4) is 0 Å². The molecule has 0 saturated carbocycles. The zero-order chi connectivity index (χ0) is 12.3. The fourth-order valence-electron chi connectivity index (χ4n) is 1.93. The first kappa shape index (κ1) is 11.9. The molecule has 2 N–H and O–H groups in total. The molecule has 17 heavy (non-hydrogen) atoms. The predicted octanol–water partition coefficient (Wildman–Crippen LogP) is 1.17. The maximum absolute atomic E-state index is 9.36. The monoisotopic (exact) mass is 235 g/mol. The summed E-state index contributed by atoms with van der Waals surface area (Å²) in [5.41, 5.74) is 1.71. The van der Waals surface area contributed by atoms with Crippen LogP contribution in [0.25, 0.3) is 0 Å². The third kappa shape index (κ3) is 2.57. The summed E-state index contributed by atoms with van der Waals surface area (Å²) in [6, 6.07) is 7.63. The van der Waals surface area contributed by atoms with Gasteiger partial charge in [-0.15, -0.1) is 0 Å². The summed E-state index contributed by atoms with van der Waals surface area (Å²) in [5, 5.41) is 18.1. The van der Waals surface area contributed by atoms with E-state index >= 15 is 0 Å². The molecule has 2 rings (SSSR count). The van der Waals surface area contributed by atoms with Crippen molar-refractivity contribution in [2.24, 2.45) is 0 Å². The highest BCUT2D eigenvalue weighted by atomic mass is 16.5. The van der Waals surface area contributed by atoms with Gasteiger partial charge in [-0.25, -0.2) is 5.06 Å². The van der Waals surface area contributed by atoms with Crippen molar-refractivity contribution >= 4 is 11.5 Å². The lowest BCUT2D eigenvalue weighted by molar-refractivity contribution is 0.0134. The van der Waals surface area contributed by atoms with Gasteiger partial charge in [0, 0.05) is 31.4 Å². The standard InChI is InChI=1S/C12H17N3O2/c1-14(16)12(13)10-4-2-3-5-11(10)15-6-8-17-9-7-15/h2-5,13,16H,6-9H2,1H3. The predicted molar refractivity (Wildman–Crippen MR) is 65.9 cm³/mol. The Hall–Kier alpha value is -1.59. The number of para-hydroxylation sites is 1. The molecule has 5 nitrogen and oxygen atoms in total. The summed E-state index contributed by atoms with van der Waals surface area (Å²) < 4.78 is 5.31. The van der Waals surface area contributed by atoms with E-state index in [1.54, 1.807) is 0 Å². The maximum atomic E-state index is 9.36. The molecule has 1 aromatic carbocycles. The molecule has 0 aromatic heterocycles. The quantitative estimate of drug-likeness (QED) is 0.459. The second-order valence-electron chi connectivity index (χ2n) is 3.99. The minimum Gasteiger partial charge on any atom is -0.378 e. The van der Waals surface area contributed by atoms with E-state index in [0.29, 0.717) is 13.2 Å². The lowest BCUT2D eigenvalue weighted by atomic mass is 10.1. The fourth-order valence-corrected chi connectivity index (χ4v) is 1.93. The molecule has 0 bridgehead atoms. The molecule has 0 amide bonds. The second-order valence-corrected chi connectivity index (χ2v) is 3.99. The third-order valence-corrected chi connectivity index (χ3v) is 2.83. The third-order valence-electron chi connectivity index (χ3n) is 2.83. The van der Waals surface area contributed by atoms with E-state index < -0.39 is 0 Å². The van der Waals surface area contributed by atoms with Crippen LogP contribution in [0, 0.1) is 5.41 Å². The van der Waals surface area contributed by atoms with E-state index in [0.717, 1.165) is 29.4 Å². The molecule has 0 aliphatic carbocycles. The summed E-state index contributed by atoms with van der Waals surface area (Å²) in [6.45, 7) is 3.05. The van der Waals surface area contributed by atoms with E-state index in [2.05, 4.69) is 4.90 Å². The Bertz CT molecular complexity index is 400. The summed E-state index contributed by atoms with van der Waals surface area (Å²) in [6.07, 6.45) is 0. The zero-order valence-corrected chi connectivity index (χ0v) is 9.89. The number of hydroxylamine groups is 2. The maximum Gasteiger partial charge on any atom is 0.153 e. The molecular weight excluding hydrogens is 218 g/mol. The Kier molecular flexibility index (Phi) is 3.61. The lowest BCUT2D eigenvalue weighted by Crippen LogP contribution is -2.37. The van der Waals surface area contributed by atoms with Gasteiger partial charge in [0.15, 0.2) is 5.84 Å². The van der Waals surface area contributed by atoms with Gasteiger partial charge in [-0.05, 0) is 12.1 Å². The highest BCUT2D eigenvalue weighted by molar-refractivity contribution is 6.00. The first-order valence-electron chi connectivity index (χ1n) is 5.63. The van der Waals surface area contributed by atoms with Crippen molar-refractivity contribution in [2.45, 2.75) is 0 Å². The molecule has 0 spiro atoms. The van der Waals surface area contributed by atoms with Gasteiger partial charge >= 0.3 is 0 Å². The number of anilines is 1. The Morgan fingerprint density at radius 1 is 1.35 bits per heavy atom. The minimum atomic E-state index is 0.104. The number of morpholine rings is 1. The summed E-state index contributed by atoms with van der Waals surface area (Å²) >= 11 is 0. The molecule has 1 aromatic rings.